The van der Waals surface area contributed by atoms with Crippen LogP contribution in [-0.2, 0) is 4.79 Å². The van der Waals surface area contributed by atoms with Crippen molar-refractivity contribution in [2.24, 2.45) is 11.7 Å². The van der Waals surface area contributed by atoms with Crippen molar-refractivity contribution >= 4 is 29.4 Å². The highest BCUT2D eigenvalue weighted by atomic mass is 35.5. The summed E-state index contributed by atoms with van der Waals surface area (Å²) in [6.07, 6.45) is 0.653. The molecule has 0 saturated heterocycles. The minimum absolute atomic E-state index is 0.143. The van der Waals surface area contributed by atoms with Crippen molar-refractivity contribution in [1.29, 1.82) is 0 Å². The Kier molecular flexibility index (Phi) is 6.65. The molecule has 0 unspecified atom stereocenters. The quantitative estimate of drug-likeness (QED) is 0.609. The lowest BCUT2D eigenvalue weighted by atomic mass is 9.99. The van der Waals surface area contributed by atoms with E-state index in [-0.39, 0.29) is 5.92 Å². The van der Waals surface area contributed by atoms with Gasteiger partial charge in [-0.15, -0.1) is 0 Å². The number of hydrogen-bond acceptors (Lipinski definition) is 3. The first-order valence-corrected chi connectivity index (χ1v) is 7.14. The highest BCUT2D eigenvalue weighted by Crippen LogP contribution is 2.10. The second kappa shape index (κ2) is 8.23. The van der Waals surface area contributed by atoms with Crippen LogP contribution in [0.2, 0.25) is 5.02 Å². The monoisotopic (exact) mass is 326 g/mol. The average Bonchev–Trinajstić information content (AvgIpc) is 2.48. The van der Waals surface area contributed by atoms with Gasteiger partial charge in [0.1, 0.15) is 6.04 Å². The highest BCUT2D eigenvalue weighted by Gasteiger charge is 2.25. The molecule has 0 aromatic heterocycles. The Morgan fingerprint density at radius 3 is 2.50 bits per heavy atom. The molecule has 8 heteroatoms. The van der Waals surface area contributed by atoms with E-state index >= 15 is 0 Å². The number of hydrogen-bond donors (Lipinski definition) is 4. The molecule has 0 spiro atoms. The molecule has 0 aliphatic carbocycles. The maximum Gasteiger partial charge on any atom is 0.312 e. The lowest BCUT2D eigenvalue weighted by molar-refractivity contribution is -0.124. The van der Waals surface area contributed by atoms with Gasteiger partial charge in [0.25, 0.3) is 11.8 Å². The van der Waals surface area contributed by atoms with Gasteiger partial charge >= 0.3 is 6.03 Å². The first-order valence-electron chi connectivity index (χ1n) is 6.76. The lowest BCUT2D eigenvalue weighted by Gasteiger charge is -2.22. The van der Waals surface area contributed by atoms with Crippen LogP contribution in [0.4, 0.5) is 4.79 Å². The van der Waals surface area contributed by atoms with Crippen LogP contribution >= 0.6 is 11.6 Å². The molecule has 1 rings (SSSR count). The van der Waals surface area contributed by atoms with Gasteiger partial charge in [0.15, 0.2) is 0 Å². The molecule has 120 valence electrons. The van der Waals surface area contributed by atoms with E-state index < -0.39 is 23.9 Å². The van der Waals surface area contributed by atoms with Crippen molar-refractivity contribution in [3.05, 3.63) is 34.9 Å². The van der Waals surface area contributed by atoms with Gasteiger partial charge in [-0.1, -0.05) is 37.9 Å². The van der Waals surface area contributed by atoms with E-state index in [1.807, 2.05) is 6.92 Å². The standard InChI is InChI=1S/C14H19ClN4O3/c1-3-8(2)11(17-14(16)22)13(21)19-18-12(20)9-5-4-6-10(15)7-9/h4-8,11H,3H2,1-2H3,(H,18,20)(H,19,21)(H3,16,17,22)/t8-,11-/m0/s1. The molecule has 1 aromatic carbocycles. The van der Waals surface area contributed by atoms with Crippen molar-refractivity contribution in [3.8, 4) is 0 Å². The van der Waals surface area contributed by atoms with Gasteiger partial charge in [0.2, 0.25) is 0 Å². The molecule has 0 bridgehead atoms. The van der Waals surface area contributed by atoms with Crippen molar-refractivity contribution in [2.45, 2.75) is 26.3 Å². The van der Waals surface area contributed by atoms with Crippen LogP contribution < -0.4 is 21.9 Å². The van der Waals surface area contributed by atoms with Gasteiger partial charge in [-0.05, 0) is 24.1 Å². The van der Waals surface area contributed by atoms with Crippen LogP contribution in [-0.4, -0.2) is 23.9 Å². The Morgan fingerprint density at radius 1 is 1.27 bits per heavy atom. The number of halogens is 1. The number of hydrazine groups is 1. The summed E-state index contributed by atoms with van der Waals surface area (Å²) in [5.74, 6) is -1.21. The Bertz CT molecular complexity index is 565. The van der Waals surface area contributed by atoms with Crippen LogP contribution in [0.3, 0.4) is 0 Å². The van der Waals surface area contributed by atoms with Gasteiger partial charge in [-0.3, -0.25) is 20.4 Å². The smallest absolute Gasteiger partial charge is 0.312 e. The number of amides is 4. The number of rotatable bonds is 5. The van der Waals surface area contributed by atoms with E-state index in [1.54, 1.807) is 25.1 Å². The van der Waals surface area contributed by atoms with E-state index in [0.717, 1.165) is 0 Å². The van der Waals surface area contributed by atoms with Crippen LogP contribution in [0.5, 0.6) is 0 Å². The van der Waals surface area contributed by atoms with Gasteiger partial charge < -0.3 is 11.1 Å². The number of primary amides is 1. The minimum Gasteiger partial charge on any atom is -0.352 e. The third kappa shape index (κ3) is 5.25. The van der Waals surface area contributed by atoms with Crippen LogP contribution in [0.15, 0.2) is 24.3 Å². The Hall–Kier alpha value is -2.28. The van der Waals surface area contributed by atoms with Crippen molar-refractivity contribution in [3.63, 3.8) is 0 Å². The predicted octanol–water partition coefficient (Wildman–Crippen LogP) is 1.18. The maximum atomic E-state index is 12.1. The number of benzene rings is 1. The summed E-state index contributed by atoms with van der Waals surface area (Å²) in [5, 5.41) is 2.77. The first-order chi connectivity index (χ1) is 10.3. The van der Waals surface area contributed by atoms with Gasteiger partial charge in [-0.2, -0.15) is 0 Å². The molecular formula is C14H19ClN4O3. The van der Waals surface area contributed by atoms with Crippen molar-refractivity contribution in [1.82, 2.24) is 16.2 Å². The van der Waals surface area contributed by atoms with Crippen LogP contribution in [0, 0.1) is 5.92 Å². The summed E-state index contributed by atoms with van der Waals surface area (Å²) in [6, 6.07) is 4.64. The molecule has 0 aliphatic rings. The molecule has 0 radical (unpaired) electrons. The zero-order chi connectivity index (χ0) is 16.7. The number of carbonyl (C=O) groups excluding carboxylic acids is 3. The molecule has 5 N–H and O–H groups in total. The Morgan fingerprint density at radius 2 is 1.95 bits per heavy atom. The summed E-state index contributed by atoms with van der Waals surface area (Å²) in [6.45, 7) is 3.66. The van der Waals surface area contributed by atoms with Crippen LogP contribution in [0.25, 0.3) is 0 Å². The lowest BCUT2D eigenvalue weighted by Crippen LogP contribution is -2.55. The minimum atomic E-state index is -0.831. The van der Waals surface area contributed by atoms with E-state index in [4.69, 9.17) is 17.3 Å². The average molecular weight is 327 g/mol. The second-order valence-electron chi connectivity index (χ2n) is 4.83. The van der Waals surface area contributed by atoms with E-state index in [2.05, 4.69) is 16.2 Å². The van der Waals surface area contributed by atoms with E-state index in [0.29, 0.717) is 17.0 Å². The normalized spacial score (nSPS) is 12.9. The number of nitrogens with one attached hydrogen (secondary N) is 3. The molecule has 0 heterocycles. The predicted molar refractivity (Wildman–Crippen MR) is 83.0 cm³/mol. The molecule has 1 aromatic rings. The zero-order valence-corrected chi connectivity index (χ0v) is 13.1. The van der Waals surface area contributed by atoms with Gasteiger partial charge in [0.05, 0.1) is 0 Å². The van der Waals surface area contributed by atoms with Gasteiger partial charge in [0, 0.05) is 10.6 Å². The summed E-state index contributed by atoms with van der Waals surface area (Å²) in [4.78, 5) is 34.9. The largest absolute Gasteiger partial charge is 0.352 e. The van der Waals surface area contributed by atoms with Crippen molar-refractivity contribution in [2.75, 3.05) is 0 Å². The number of nitrogens with two attached hydrogens (primary N) is 1. The maximum absolute atomic E-state index is 12.1. The fourth-order valence-corrected chi connectivity index (χ4v) is 1.94. The van der Waals surface area contributed by atoms with Crippen LogP contribution in [0.1, 0.15) is 30.6 Å². The third-order valence-corrected chi connectivity index (χ3v) is 3.41. The number of carbonyl (C=O) groups is 3. The van der Waals surface area contributed by atoms with E-state index in [1.165, 1.54) is 6.07 Å². The fourth-order valence-electron chi connectivity index (χ4n) is 1.75. The molecule has 4 amide bonds. The summed E-state index contributed by atoms with van der Waals surface area (Å²) in [7, 11) is 0. The van der Waals surface area contributed by atoms with E-state index in [9.17, 15) is 14.4 Å². The fraction of sp³-hybridized carbons (Fsp3) is 0.357. The molecule has 0 saturated carbocycles. The molecule has 2 atom stereocenters. The molecular weight excluding hydrogens is 308 g/mol. The van der Waals surface area contributed by atoms with Crippen molar-refractivity contribution < 1.29 is 14.4 Å². The SMILES string of the molecule is CC[C@H](C)[C@H](NC(N)=O)C(=O)NNC(=O)c1cccc(Cl)c1. The Labute approximate surface area is 133 Å². The number of urea groups is 1. The summed E-state index contributed by atoms with van der Waals surface area (Å²) in [5.41, 5.74) is 9.90. The highest BCUT2D eigenvalue weighted by molar-refractivity contribution is 6.30. The first kappa shape index (κ1) is 17.8. The molecule has 7 nitrogen and oxygen atoms in total. The second-order valence-corrected chi connectivity index (χ2v) is 5.26. The summed E-state index contributed by atoms with van der Waals surface area (Å²) < 4.78 is 0. The third-order valence-electron chi connectivity index (χ3n) is 3.18. The van der Waals surface area contributed by atoms with Gasteiger partial charge in [-0.25, -0.2) is 4.79 Å². The zero-order valence-electron chi connectivity index (χ0n) is 12.4. The molecule has 0 fully saturated rings. The molecule has 22 heavy (non-hydrogen) atoms. The summed E-state index contributed by atoms with van der Waals surface area (Å²) >= 11 is 5.79. The topological polar surface area (TPSA) is 113 Å². The Balaban J connectivity index is 2.66. The molecule has 0 aliphatic heterocycles.